The van der Waals surface area contributed by atoms with Gasteiger partial charge in [0.15, 0.2) is 0 Å². The molecule has 0 aromatic heterocycles. The van der Waals surface area contributed by atoms with Gasteiger partial charge in [0.1, 0.15) is 5.82 Å². The molecular weight excluding hydrogens is 399 g/mol. The molecule has 2 aliphatic carbocycles. The summed E-state index contributed by atoms with van der Waals surface area (Å²) in [5, 5.41) is 0. The van der Waals surface area contributed by atoms with Crippen molar-refractivity contribution >= 4 is 11.3 Å². The zero-order valence-electron chi connectivity index (χ0n) is 17.1. The second-order valence-electron chi connectivity index (χ2n) is 9.26. The molecule has 2 aromatic carbocycles. The van der Waals surface area contributed by atoms with E-state index in [0.29, 0.717) is 23.9 Å². The smallest absolute Gasteiger partial charge is 0.232 e. The van der Waals surface area contributed by atoms with Gasteiger partial charge in [-0.15, -0.1) is 0 Å². The first kappa shape index (κ1) is 20.3. The quantitative estimate of drug-likeness (QED) is 0.656. The summed E-state index contributed by atoms with van der Waals surface area (Å²) in [5.74, 6) is 0.188. The van der Waals surface area contributed by atoms with Gasteiger partial charge in [-0.25, -0.2) is 13.3 Å². The van der Waals surface area contributed by atoms with Crippen LogP contribution in [0.25, 0.3) is 0 Å². The lowest BCUT2D eigenvalue weighted by Crippen LogP contribution is -2.53. The minimum absolute atomic E-state index is 0.173. The van der Waals surface area contributed by atoms with E-state index in [9.17, 15) is 8.76 Å². The summed E-state index contributed by atoms with van der Waals surface area (Å²) < 4.78 is 38.6. The van der Waals surface area contributed by atoms with E-state index in [1.165, 1.54) is 17.5 Å². The molecule has 1 saturated heterocycles. The van der Waals surface area contributed by atoms with Crippen molar-refractivity contribution in [3.63, 3.8) is 0 Å². The Balaban J connectivity index is 1.46. The maximum absolute atomic E-state index is 15.1. The maximum Gasteiger partial charge on any atom is 0.232 e. The van der Waals surface area contributed by atoms with Gasteiger partial charge in [0, 0.05) is 17.5 Å². The summed E-state index contributed by atoms with van der Waals surface area (Å²) in [7, 11) is 0. The van der Waals surface area contributed by atoms with Gasteiger partial charge in [0.25, 0.3) is 0 Å². The number of fused-ring (bicyclic) bond motifs is 1. The number of hydrogen-bond donors (Lipinski definition) is 2. The highest BCUT2D eigenvalue weighted by molar-refractivity contribution is 7.77. The van der Waals surface area contributed by atoms with Crippen LogP contribution in [-0.4, -0.2) is 38.3 Å². The largest absolute Gasteiger partial charge is 0.299 e. The van der Waals surface area contributed by atoms with Crippen LogP contribution in [0.1, 0.15) is 53.9 Å². The van der Waals surface area contributed by atoms with Crippen LogP contribution in [-0.2, 0) is 30.5 Å². The van der Waals surface area contributed by atoms with Crippen molar-refractivity contribution in [1.82, 2.24) is 9.62 Å². The first-order valence-corrected chi connectivity index (χ1v) is 12.1. The number of halogens is 1. The molecule has 3 aliphatic rings. The van der Waals surface area contributed by atoms with Crippen molar-refractivity contribution in [3.05, 3.63) is 70.5 Å². The molecule has 3 atom stereocenters. The lowest BCUT2D eigenvalue weighted by atomic mass is 9.73. The Labute approximate surface area is 180 Å². The van der Waals surface area contributed by atoms with E-state index in [2.05, 4.69) is 40.0 Å². The van der Waals surface area contributed by atoms with E-state index in [4.69, 9.17) is 0 Å². The highest BCUT2D eigenvalue weighted by Crippen LogP contribution is 2.43. The van der Waals surface area contributed by atoms with Crippen LogP contribution in [0.5, 0.6) is 0 Å². The molecule has 2 fully saturated rings. The van der Waals surface area contributed by atoms with Crippen molar-refractivity contribution in [2.75, 3.05) is 13.1 Å². The van der Waals surface area contributed by atoms with E-state index in [1.807, 2.05) is 6.07 Å². The fourth-order valence-corrected chi connectivity index (χ4v) is 6.20. The Morgan fingerprint density at radius 1 is 1.17 bits per heavy atom. The first-order valence-electron chi connectivity index (χ1n) is 11.0. The van der Waals surface area contributed by atoms with Crippen LogP contribution in [0, 0.1) is 5.82 Å². The Hall–Kier alpha value is -1.60. The fraction of sp³-hybridized carbons (Fsp3) is 0.500. The molecule has 0 spiro atoms. The number of benzene rings is 2. The van der Waals surface area contributed by atoms with E-state index in [0.717, 1.165) is 50.8 Å². The van der Waals surface area contributed by atoms with Crippen LogP contribution < -0.4 is 4.72 Å². The molecule has 0 amide bonds. The summed E-state index contributed by atoms with van der Waals surface area (Å²) in [6.45, 7) is 2.27. The summed E-state index contributed by atoms with van der Waals surface area (Å²) in [4.78, 5) is 2.55. The predicted octanol–water partition coefficient (Wildman–Crippen LogP) is 3.97. The molecule has 30 heavy (non-hydrogen) atoms. The topological polar surface area (TPSA) is 52.6 Å². The number of likely N-dealkylation sites (tertiary alicyclic amines) is 1. The van der Waals surface area contributed by atoms with Crippen LogP contribution >= 0.6 is 0 Å². The van der Waals surface area contributed by atoms with Crippen molar-refractivity contribution in [3.8, 4) is 0 Å². The average Bonchev–Trinajstić information content (AvgIpc) is 2.96. The third-order valence-electron chi connectivity index (χ3n) is 7.40. The fourth-order valence-electron chi connectivity index (χ4n) is 5.55. The van der Waals surface area contributed by atoms with E-state index < -0.39 is 16.8 Å². The molecule has 5 rings (SSSR count). The molecule has 160 valence electrons. The molecule has 0 radical (unpaired) electrons. The minimum Gasteiger partial charge on any atom is -0.299 e. The van der Waals surface area contributed by atoms with Crippen LogP contribution in [0.2, 0.25) is 0 Å². The normalized spacial score (nSPS) is 25.9. The van der Waals surface area contributed by atoms with E-state index in [-0.39, 0.29) is 5.82 Å². The second kappa shape index (κ2) is 8.15. The Morgan fingerprint density at radius 3 is 2.53 bits per heavy atom. The molecule has 1 heterocycles. The Kier molecular flexibility index (Phi) is 5.52. The van der Waals surface area contributed by atoms with Gasteiger partial charge in [-0.05, 0) is 86.4 Å². The van der Waals surface area contributed by atoms with Crippen molar-refractivity contribution in [2.24, 2.45) is 0 Å². The number of nitrogens with zero attached hydrogens (tertiary/aromatic N) is 1. The monoisotopic (exact) mass is 428 g/mol. The van der Waals surface area contributed by atoms with Gasteiger partial charge in [-0.2, -0.15) is 0 Å². The molecule has 0 bridgehead atoms. The third-order valence-corrected chi connectivity index (χ3v) is 8.01. The summed E-state index contributed by atoms with van der Waals surface area (Å²) >= 11 is -2.08. The predicted molar refractivity (Wildman–Crippen MR) is 117 cm³/mol. The van der Waals surface area contributed by atoms with E-state index >= 15 is 4.39 Å². The van der Waals surface area contributed by atoms with Gasteiger partial charge in [-0.1, -0.05) is 36.4 Å². The van der Waals surface area contributed by atoms with Crippen LogP contribution in [0.3, 0.4) is 0 Å². The highest BCUT2D eigenvalue weighted by atomic mass is 32.2. The molecule has 1 saturated carbocycles. The summed E-state index contributed by atoms with van der Waals surface area (Å²) in [6, 6.07) is 14.8. The molecule has 2 aromatic rings. The first-order chi connectivity index (χ1) is 14.5. The Morgan fingerprint density at radius 2 is 1.93 bits per heavy atom. The highest BCUT2D eigenvalue weighted by Gasteiger charge is 2.41. The SMILES string of the molecule is O=S(O)NC1(Cc2cc3c(cc2F)CC(N2CCC2)C3Cc2ccccc2)CCC1. The van der Waals surface area contributed by atoms with E-state index in [1.54, 1.807) is 6.07 Å². The lowest BCUT2D eigenvalue weighted by molar-refractivity contribution is 0.106. The van der Waals surface area contributed by atoms with Gasteiger partial charge in [0.2, 0.25) is 11.3 Å². The lowest BCUT2D eigenvalue weighted by Gasteiger charge is -2.41. The maximum atomic E-state index is 15.1. The summed E-state index contributed by atoms with van der Waals surface area (Å²) in [6.07, 6.45) is 6.20. The van der Waals surface area contributed by atoms with Crippen molar-refractivity contribution in [1.29, 1.82) is 0 Å². The molecule has 3 unspecified atom stereocenters. The van der Waals surface area contributed by atoms with Crippen molar-refractivity contribution < 1.29 is 13.2 Å². The van der Waals surface area contributed by atoms with Gasteiger partial charge in [-0.3, -0.25) is 9.45 Å². The third kappa shape index (κ3) is 3.86. The van der Waals surface area contributed by atoms with Crippen molar-refractivity contribution in [2.45, 2.75) is 62.4 Å². The van der Waals surface area contributed by atoms with Gasteiger partial charge >= 0.3 is 0 Å². The zero-order valence-corrected chi connectivity index (χ0v) is 18.0. The molecular formula is C24H29FN2O2S. The van der Waals surface area contributed by atoms with Gasteiger partial charge < -0.3 is 0 Å². The number of hydrogen-bond acceptors (Lipinski definition) is 2. The standard InChI is InChI=1S/C24H29FN2O2S/c25-22-14-18-15-23(27-10-5-11-27)21(12-17-6-2-1-3-7-17)20(18)13-19(22)16-24(8-4-9-24)26-30(28)29/h1-3,6-7,13-14,21,23,26H,4-5,8-12,15-16H2,(H,28,29). The molecule has 6 heteroatoms. The van der Waals surface area contributed by atoms with Crippen LogP contribution in [0.15, 0.2) is 42.5 Å². The zero-order chi connectivity index (χ0) is 20.7. The second-order valence-corrected chi connectivity index (χ2v) is 9.96. The van der Waals surface area contributed by atoms with Gasteiger partial charge in [0.05, 0.1) is 0 Å². The summed E-state index contributed by atoms with van der Waals surface area (Å²) in [5.41, 5.74) is 3.94. The Bertz CT molecular complexity index is 944. The van der Waals surface area contributed by atoms with Crippen LogP contribution in [0.4, 0.5) is 4.39 Å². The molecule has 4 nitrogen and oxygen atoms in total. The number of rotatable bonds is 7. The molecule has 1 aliphatic heterocycles. The molecule has 2 N–H and O–H groups in total. The number of nitrogens with one attached hydrogen (secondary N) is 1. The average molecular weight is 429 g/mol. The minimum atomic E-state index is -2.08.